The number of hydrogen-bond acceptors (Lipinski definition) is 2. The fourth-order valence-electron chi connectivity index (χ4n) is 9.99. The molecule has 2 nitrogen and oxygen atoms in total. The summed E-state index contributed by atoms with van der Waals surface area (Å²) in [6, 6.07) is 13.5. The molecule has 0 heterocycles. The van der Waals surface area contributed by atoms with Crippen LogP contribution in [-0.2, 0) is 0 Å². The summed E-state index contributed by atoms with van der Waals surface area (Å²) >= 11 is 0. The molecule has 1 aromatic rings. The van der Waals surface area contributed by atoms with Gasteiger partial charge < -0.3 is 9.47 Å². The van der Waals surface area contributed by atoms with E-state index in [0.717, 1.165) is 50.0 Å². The lowest BCUT2D eigenvalue weighted by atomic mass is 10.1. The Bertz CT molecular complexity index is 1050. The van der Waals surface area contributed by atoms with Gasteiger partial charge in [0.25, 0.3) is 0 Å². The maximum Gasteiger partial charge on any atom is 0.159 e. The van der Waals surface area contributed by atoms with Gasteiger partial charge in [-0.2, -0.15) is 0 Å². The van der Waals surface area contributed by atoms with Gasteiger partial charge in [-0.3, -0.25) is 0 Å². The number of unbranched alkanes of at least 4 members (excludes halogenated alkanes) is 24. The van der Waals surface area contributed by atoms with E-state index in [1.807, 2.05) is 14.2 Å². The molecule has 0 N–H and O–H groups in total. The van der Waals surface area contributed by atoms with Crippen LogP contribution in [0.15, 0.2) is 88.1 Å². The average Bonchev–Trinajstić information content (AvgIpc) is 3.26. The highest BCUT2D eigenvalue weighted by Gasteiger charge is 2.42. The molecule has 0 aromatic heterocycles. The van der Waals surface area contributed by atoms with Crippen LogP contribution in [0.5, 0.6) is 11.5 Å². The van der Waals surface area contributed by atoms with E-state index in [1.165, 1.54) is 190 Å². The third-order valence-electron chi connectivity index (χ3n) is 13.5. The maximum atomic E-state index is 6.77. The second-order valence-corrected chi connectivity index (χ2v) is 27.4. The molecule has 0 saturated heterocycles. The standard InChI is InChI=1S/C56H98O2Si2/c1-9-15-21-27-33-39-47-59(48-40-34-28-22-16-10-2,49-41-35-29-23-17-11-3)53-45-46-54(56(58-8)55(53)57-7)60(50-42-36-30-24-18-12-4,51-43-37-31-25-19-13-5)52-44-38-32-26-20-14-6/h9-14,45-46H,1-6,15-44,47-52H2,7-8H3. The Morgan fingerprint density at radius 1 is 0.317 bits per heavy atom. The van der Waals surface area contributed by atoms with E-state index < -0.39 is 16.1 Å². The molecular weight excluding hydrogens is 761 g/mol. The van der Waals surface area contributed by atoms with E-state index in [2.05, 4.69) is 88.1 Å². The van der Waals surface area contributed by atoms with E-state index in [9.17, 15) is 0 Å². The van der Waals surface area contributed by atoms with Crippen LogP contribution in [0.25, 0.3) is 0 Å². The molecular formula is C56H98O2Si2. The Labute approximate surface area is 377 Å². The number of ether oxygens (including phenoxy) is 2. The van der Waals surface area contributed by atoms with E-state index in [1.54, 1.807) is 10.4 Å². The van der Waals surface area contributed by atoms with Gasteiger partial charge in [0.15, 0.2) is 11.5 Å². The minimum Gasteiger partial charge on any atom is -0.493 e. The van der Waals surface area contributed by atoms with Crippen LogP contribution >= 0.6 is 0 Å². The fraction of sp³-hybridized carbons (Fsp3) is 0.679. The van der Waals surface area contributed by atoms with Crippen molar-refractivity contribution in [3.8, 4) is 11.5 Å². The van der Waals surface area contributed by atoms with Gasteiger partial charge in [-0.05, 0) is 87.4 Å². The van der Waals surface area contributed by atoms with Gasteiger partial charge in [-0.1, -0.05) is 200 Å². The van der Waals surface area contributed by atoms with Gasteiger partial charge in [-0.15, -0.1) is 39.5 Å². The van der Waals surface area contributed by atoms with Gasteiger partial charge in [0.05, 0.1) is 30.4 Å². The van der Waals surface area contributed by atoms with E-state index in [0.29, 0.717) is 0 Å². The average molecular weight is 860 g/mol. The van der Waals surface area contributed by atoms with Crippen LogP contribution in [0.4, 0.5) is 0 Å². The van der Waals surface area contributed by atoms with E-state index in [-0.39, 0.29) is 0 Å². The predicted molar refractivity (Wildman–Crippen MR) is 279 cm³/mol. The summed E-state index contributed by atoms with van der Waals surface area (Å²) in [5.74, 6) is 2.26. The number of allylic oxidation sites excluding steroid dienone is 6. The van der Waals surface area contributed by atoms with Crippen LogP contribution in [0.2, 0.25) is 36.3 Å². The van der Waals surface area contributed by atoms with E-state index >= 15 is 0 Å². The highest BCUT2D eigenvalue weighted by atomic mass is 28.3. The molecule has 4 heteroatoms. The summed E-state index contributed by atoms with van der Waals surface area (Å²) in [5, 5.41) is 3.16. The van der Waals surface area contributed by atoms with Crippen LogP contribution in [0.3, 0.4) is 0 Å². The molecule has 0 aliphatic heterocycles. The highest BCUT2D eigenvalue weighted by molar-refractivity contribution is 6.94. The van der Waals surface area contributed by atoms with Crippen LogP contribution < -0.4 is 19.8 Å². The van der Waals surface area contributed by atoms with Crippen LogP contribution in [0.1, 0.15) is 193 Å². The van der Waals surface area contributed by atoms with Crippen molar-refractivity contribution in [2.45, 2.75) is 229 Å². The number of benzene rings is 1. The molecule has 0 saturated carbocycles. The van der Waals surface area contributed by atoms with Gasteiger partial charge in [0, 0.05) is 0 Å². The molecule has 1 rings (SSSR count). The summed E-state index contributed by atoms with van der Waals surface area (Å²) in [7, 11) is -0.0285. The summed E-state index contributed by atoms with van der Waals surface area (Å²) in [4.78, 5) is 0. The molecule has 0 bridgehead atoms. The van der Waals surface area contributed by atoms with Gasteiger partial charge in [-0.25, -0.2) is 0 Å². The van der Waals surface area contributed by atoms with Gasteiger partial charge in [0.2, 0.25) is 0 Å². The molecule has 0 aliphatic rings. The van der Waals surface area contributed by atoms with Crippen molar-refractivity contribution in [1.82, 2.24) is 0 Å². The van der Waals surface area contributed by atoms with Crippen LogP contribution in [-0.4, -0.2) is 30.4 Å². The Hall–Kier alpha value is -2.31. The number of methoxy groups -OCH3 is 2. The molecule has 0 spiro atoms. The molecule has 0 atom stereocenters. The van der Waals surface area contributed by atoms with Crippen molar-refractivity contribution >= 4 is 26.5 Å². The zero-order chi connectivity index (χ0) is 43.8. The molecule has 0 radical (unpaired) electrons. The minimum absolute atomic E-state index is 1.13. The SMILES string of the molecule is C=CCCCCCC[Si](CCCCCCC=C)(CCCCCCC=C)c1ccc([Si](CCCCCCC=C)(CCCCCCC=C)CCCCCCC=C)c(OC)c1OC. The van der Waals surface area contributed by atoms with E-state index in [4.69, 9.17) is 9.47 Å². The molecule has 342 valence electrons. The Morgan fingerprint density at radius 3 is 0.667 bits per heavy atom. The third kappa shape index (κ3) is 23.2. The zero-order valence-corrected chi connectivity index (χ0v) is 42.1. The van der Waals surface area contributed by atoms with Gasteiger partial charge in [0.1, 0.15) is 0 Å². The predicted octanol–water partition coefficient (Wildman–Crippen LogP) is 17.8. The molecule has 0 aliphatic carbocycles. The van der Waals surface area contributed by atoms with Crippen molar-refractivity contribution in [2.75, 3.05) is 14.2 Å². The maximum absolute atomic E-state index is 6.77. The van der Waals surface area contributed by atoms with Crippen molar-refractivity contribution < 1.29 is 9.47 Å². The Kier molecular flexibility index (Phi) is 35.6. The largest absolute Gasteiger partial charge is 0.493 e. The first-order chi connectivity index (χ1) is 29.5. The first-order valence-corrected chi connectivity index (χ1v) is 30.6. The lowest BCUT2D eigenvalue weighted by Crippen LogP contribution is -2.52. The monoisotopic (exact) mass is 859 g/mol. The summed E-state index contributed by atoms with van der Waals surface area (Å²) < 4.78 is 13.5. The number of rotatable bonds is 46. The van der Waals surface area contributed by atoms with Crippen molar-refractivity contribution in [1.29, 1.82) is 0 Å². The fourth-order valence-corrected chi connectivity index (χ4v) is 20.9. The Balaban J connectivity index is 3.90. The second kappa shape index (κ2) is 38.4. The first kappa shape index (κ1) is 55.7. The highest BCUT2D eigenvalue weighted by Crippen LogP contribution is 2.39. The smallest absolute Gasteiger partial charge is 0.159 e. The summed E-state index contributed by atoms with van der Waals surface area (Å²) in [6.45, 7) is 24.0. The van der Waals surface area contributed by atoms with Crippen molar-refractivity contribution in [3.05, 3.63) is 88.1 Å². The Morgan fingerprint density at radius 2 is 0.500 bits per heavy atom. The lowest BCUT2D eigenvalue weighted by molar-refractivity contribution is 0.359. The number of hydrogen-bond donors (Lipinski definition) is 0. The summed E-state index contributed by atoms with van der Waals surface area (Å²) in [5.41, 5.74) is 0. The molecule has 60 heavy (non-hydrogen) atoms. The third-order valence-corrected chi connectivity index (χ3v) is 24.5. The van der Waals surface area contributed by atoms with Crippen molar-refractivity contribution in [3.63, 3.8) is 0 Å². The second-order valence-electron chi connectivity index (χ2n) is 18.2. The zero-order valence-electron chi connectivity index (χ0n) is 40.1. The summed E-state index contributed by atoms with van der Waals surface area (Å²) in [6.07, 6.45) is 50.7. The first-order valence-electron chi connectivity index (χ1n) is 25.4. The molecule has 0 amide bonds. The quantitative estimate of drug-likeness (QED) is 0.0369. The molecule has 0 unspecified atom stereocenters. The van der Waals surface area contributed by atoms with Gasteiger partial charge >= 0.3 is 0 Å². The minimum atomic E-state index is -1.98. The lowest BCUT2D eigenvalue weighted by Gasteiger charge is -2.38. The normalized spacial score (nSPS) is 11.6. The molecule has 1 aromatic carbocycles. The topological polar surface area (TPSA) is 18.5 Å². The molecule has 0 fully saturated rings. The van der Waals surface area contributed by atoms with Crippen LogP contribution in [0, 0.1) is 0 Å². The van der Waals surface area contributed by atoms with Crippen molar-refractivity contribution in [2.24, 2.45) is 0 Å².